The Morgan fingerprint density at radius 3 is 2.52 bits per heavy atom. The molecule has 3 rings (SSSR count). The summed E-state index contributed by atoms with van der Waals surface area (Å²) in [6.07, 6.45) is 3.10. The fourth-order valence-corrected chi connectivity index (χ4v) is 4.07. The van der Waals surface area contributed by atoms with Crippen LogP contribution in [0.2, 0.25) is 0 Å². The first kappa shape index (κ1) is 20.5. The monoisotopic (exact) mass is 411 g/mol. The molecular weight excluding hydrogens is 390 g/mol. The summed E-state index contributed by atoms with van der Waals surface area (Å²) < 4.78 is 26.6. The largest absolute Gasteiger partial charge is 0.352 e. The summed E-state index contributed by atoms with van der Waals surface area (Å²) in [6.45, 7) is 5.72. The lowest BCUT2D eigenvalue weighted by molar-refractivity contribution is 0.0746. The summed E-state index contributed by atoms with van der Waals surface area (Å²) in [5.74, 6) is 0.470. The molecule has 2 heterocycles. The van der Waals surface area contributed by atoms with E-state index in [0.29, 0.717) is 43.1 Å². The highest BCUT2D eigenvalue weighted by Gasteiger charge is 2.24. The fourth-order valence-electron chi connectivity index (χ4n) is 3.07. The lowest BCUT2D eigenvalue weighted by atomic mass is 10.1. The molecule has 1 aromatic carbocycles. The Morgan fingerprint density at radius 1 is 1.21 bits per heavy atom. The lowest BCUT2D eigenvalue weighted by Crippen LogP contribution is -2.49. The van der Waals surface area contributed by atoms with Crippen molar-refractivity contribution in [3.05, 3.63) is 66.4 Å². The second kappa shape index (κ2) is 8.86. The zero-order valence-electron chi connectivity index (χ0n) is 15.8. The highest BCUT2D eigenvalue weighted by Crippen LogP contribution is 2.19. The zero-order chi connectivity index (χ0) is 20.9. The van der Waals surface area contributed by atoms with Gasteiger partial charge in [-0.05, 0) is 36.4 Å². The van der Waals surface area contributed by atoms with Gasteiger partial charge in [-0.25, -0.2) is 18.1 Å². The fraction of sp³-hybridized carbons (Fsp3) is 0.250. The maximum atomic E-state index is 12.8. The molecule has 1 aromatic heterocycles. The van der Waals surface area contributed by atoms with E-state index in [0.717, 1.165) is 0 Å². The molecule has 0 bridgehead atoms. The van der Waals surface area contributed by atoms with Crippen LogP contribution in [0.1, 0.15) is 15.9 Å². The van der Waals surface area contributed by atoms with Gasteiger partial charge >= 0.3 is 0 Å². The summed E-state index contributed by atoms with van der Waals surface area (Å²) in [6, 6.07) is 11.5. The smallest absolute Gasteiger partial charge is 0.253 e. The van der Waals surface area contributed by atoms with Crippen molar-refractivity contribution < 1.29 is 13.2 Å². The van der Waals surface area contributed by atoms with E-state index in [-0.39, 0.29) is 17.3 Å². The number of benzene rings is 1. The number of pyridine rings is 1. The van der Waals surface area contributed by atoms with Gasteiger partial charge in [0.1, 0.15) is 11.9 Å². The molecule has 0 unspecified atom stereocenters. The quantitative estimate of drug-likeness (QED) is 0.720. The van der Waals surface area contributed by atoms with Crippen LogP contribution in [0.3, 0.4) is 0 Å². The topological polar surface area (TPSA) is 106 Å². The molecule has 1 aliphatic heterocycles. The normalized spacial score (nSPS) is 14.3. The molecular formula is C20H21N5O3S. The van der Waals surface area contributed by atoms with Gasteiger partial charge in [-0.15, -0.1) is 6.58 Å². The third-order valence-electron chi connectivity index (χ3n) is 4.60. The Labute approximate surface area is 170 Å². The molecule has 9 heteroatoms. The predicted molar refractivity (Wildman–Crippen MR) is 109 cm³/mol. The van der Waals surface area contributed by atoms with Crippen LogP contribution in [0.25, 0.3) is 0 Å². The minimum Gasteiger partial charge on any atom is -0.352 e. The average Bonchev–Trinajstić information content (AvgIpc) is 2.77. The Hall–Kier alpha value is -3.22. The van der Waals surface area contributed by atoms with Crippen LogP contribution in [-0.4, -0.2) is 56.9 Å². The Morgan fingerprint density at radius 2 is 1.90 bits per heavy atom. The summed E-state index contributed by atoms with van der Waals surface area (Å²) in [5, 5.41) is 9.23. The van der Waals surface area contributed by atoms with Crippen LogP contribution in [0.15, 0.2) is 60.1 Å². The van der Waals surface area contributed by atoms with E-state index in [1.165, 1.54) is 30.3 Å². The number of nitriles is 1. The van der Waals surface area contributed by atoms with Gasteiger partial charge in [-0.3, -0.25) is 4.79 Å². The van der Waals surface area contributed by atoms with E-state index in [2.05, 4.69) is 22.4 Å². The first-order chi connectivity index (χ1) is 14.0. The first-order valence-corrected chi connectivity index (χ1v) is 10.5. The standard InChI is InChI=1S/C20H21N5O3S/c1-2-9-23-29(27,28)18-7-5-16(6-8-18)20(26)25-13-11-24(12-14-25)19-17(15-21)4-3-10-22-19/h2-8,10,23H,1,9,11-14H2. The molecule has 0 radical (unpaired) electrons. The summed E-state index contributed by atoms with van der Waals surface area (Å²) in [7, 11) is -3.62. The molecule has 8 nitrogen and oxygen atoms in total. The van der Waals surface area contributed by atoms with Crippen molar-refractivity contribution in [3.63, 3.8) is 0 Å². The van der Waals surface area contributed by atoms with Crippen molar-refractivity contribution in [1.29, 1.82) is 5.26 Å². The molecule has 0 aliphatic carbocycles. The lowest BCUT2D eigenvalue weighted by Gasteiger charge is -2.35. The minimum absolute atomic E-state index is 0.0971. The first-order valence-electron chi connectivity index (χ1n) is 9.06. The van der Waals surface area contributed by atoms with Crippen molar-refractivity contribution >= 4 is 21.7 Å². The molecule has 1 N–H and O–H groups in total. The third kappa shape index (κ3) is 4.62. The van der Waals surface area contributed by atoms with E-state index in [1.807, 2.05) is 4.90 Å². The van der Waals surface area contributed by atoms with Crippen LogP contribution in [0, 0.1) is 11.3 Å². The molecule has 2 aromatic rings. The van der Waals surface area contributed by atoms with Crippen LogP contribution in [0.4, 0.5) is 5.82 Å². The number of nitrogens with one attached hydrogen (secondary N) is 1. The van der Waals surface area contributed by atoms with Gasteiger partial charge in [0.25, 0.3) is 5.91 Å². The van der Waals surface area contributed by atoms with Crippen molar-refractivity contribution in [1.82, 2.24) is 14.6 Å². The Balaban J connectivity index is 1.65. The van der Waals surface area contributed by atoms with E-state index < -0.39 is 10.0 Å². The zero-order valence-corrected chi connectivity index (χ0v) is 16.6. The van der Waals surface area contributed by atoms with Gasteiger partial charge in [0.2, 0.25) is 10.0 Å². The molecule has 0 atom stereocenters. The number of aromatic nitrogens is 1. The highest BCUT2D eigenvalue weighted by molar-refractivity contribution is 7.89. The number of hydrogen-bond acceptors (Lipinski definition) is 6. The number of carbonyl (C=O) groups is 1. The van der Waals surface area contributed by atoms with Crippen LogP contribution in [-0.2, 0) is 10.0 Å². The van der Waals surface area contributed by atoms with Gasteiger partial charge in [0, 0.05) is 44.5 Å². The van der Waals surface area contributed by atoms with E-state index in [4.69, 9.17) is 0 Å². The third-order valence-corrected chi connectivity index (χ3v) is 6.04. The van der Waals surface area contributed by atoms with Crippen LogP contribution in [0.5, 0.6) is 0 Å². The van der Waals surface area contributed by atoms with E-state index >= 15 is 0 Å². The number of anilines is 1. The second-order valence-electron chi connectivity index (χ2n) is 6.43. The van der Waals surface area contributed by atoms with E-state index in [1.54, 1.807) is 23.2 Å². The maximum absolute atomic E-state index is 12.8. The van der Waals surface area contributed by atoms with Gasteiger partial charge < -0.3 is 9.80 Å². The van der Waals surface area contributed by atoms with E-state index in [9.17, 15) is 18.5 Å². The number of rotatable bonds is 6. The summed E-state index contributed by atoms with van der Waals surface area (Å²) >= 11 is 0. The molecule has 0 spiro atoms. The summed E-state index contributed by atoms with van der Waals surface area (Å²) in [5.41, 5.74) is 0.936. The second-order valence-corrected chi connectivity index (χ2v) is 8.20. The number of amides is 1. The van der Waals surface area contributed by atoms with Crippen LogP contribution < -0.4 is 9.62 Å². The number of hydrogen-bond donors (Lipinski definition) is 1. The van der Waals surface area contributed by atoms with Crippen molar-refractivity contribution in [2.45, 2.75) is 4.90 Å². The molecule has 0 saturated carbocycles. The number of piperazine rings is 1. The van der Waals surface area contributed by atoms with Gasteiger partial charge in [0.15, 0.2) is 0 Å². The molecule has 150 valence electrons. The van der Waals surface area contributed by atoms with Gasteiger partial charge in [-0.2, -0.15) is 5.26 Å². The number of carbonyl (C=O) groups excluding carboxylic acids is 1. The van der Waals surface area contributed by atoms with Gasteiger partial charge in [0.05, 0.1) is 10.5 Å². The molecule has 1 fully saturated rings. The minimum atomic E-state index is -3.62. The van der Waals surface area contributed by atoms with Crippen molar-refractivity contribution in [3.8, 4) is 6.07 Å². The van der Waals surface area contributed by atoms with Crippen molar-refractivity contribution in [2.24, 2.45) is 0 Å². The SMILES string of the molecule is C=CCNS(=O)(=O)c1ccc(C(=O)N2CCN(c3ncccc3C#N)CC2)cc1. The highest BCUT2D eigenvalue weighted by atomic mass is 32.2. The maximum Gasteiger partial charge on any atom is 0.253 e. The Kier molecular flexibility index (Phi) is 6.26. The predicted octanol–water partition coefficient (Wildman–Crippen LogP) is 1.38. The number of nitrogens with zero attached hydrogens (tertiary/aromatic N) is 4. The van der Waals surface area contributed by atoms with Crippen LogP contribution >= 0.6 is 0 Å². The average molecular weight is 411 g/mol. The molecule has 1 amide bonds. The molecule has 1 saturated heterocycles. The molecule has 1 aliphatic rings. The van der Waals surface area contributed by atoms with Gasteiger partial charge in [-0.1, -0.05) is 6.08 Å². The summed E-state index contributed by atoms with van der Waals surface area (Å²) in [4.78, 5) is 20.8. The van der Waals surface area contributed by atoms with Crippen molar-refractivity contribution in [2.75, 3.05) is 37.6 Å². The Bertz CT molecular complexity index is 1040. The molecule has 29 heavy (non-hydrogen) atoms. The number of sulfonamides is 1.